The van der Waals surface area contributed by atoms with Crippen molar-refractivity contribution in [1.29, 1.82) is 0 Å². The maximum atomic E-state index is 11.7. The molecular formula is C10H7Cl2N3O. The van der Waals surface area contributed by atoms with Gasteiger partial charge in [-0.15, -0.1) is 0 Å². The van der Waals surface area contributed by atoms with Gasteiger partial charge in [-0.05, 0) is 18.2 Å². The van der Waals surface area contributed by atoms with Crippen LogP contribution >= 0.6 is 23.2 Å². The summed E-state index contributed by atoms with van der Waals surface area (Å²) in [5.74, 6) is -0.318. The Morgan fingerprint density at radius 3 is 2.81 bits per heavy atom. The van der Waals surface area contributed by atoms with E-state index in [1.165, 1.54) is 6.20 Å². The molecule has 6 heteroatoms. The van der Waals surface area contributed by atoms with Crippen LogP contribution in [-0.4, -0.2) is 16.1 Å². The second kappa shape index (κ2) is 4.55. The summed E-state index contributed by atoms with van der Waals surface area (Å²) in [6, 6.07) is 6.59. The Bertz CT molecular complexity index is 511. The first-order valence-electron chi connectivity index (χ1n) is 4.43. The molecule has 2 rings (SSSR count). The number of nitrogens with one attached hydrogen (secondary N) is 2. The highest BCUT2D eigenvalue weighted by Gasteiger charge is 2.10. The zero-order valence-electron chi connectivity index (χ0n) is 8.00. The van der Waals surface area contributed by atoms with E-state index in [9.17, 15) is 4.79 Å². The normalized spacial score (nSPS) is 10.1. The molecule has 1 heterocycles. The van der Waals surface area contributed by atoms with Crippen molar-refractivity contribution in [2.24, 2.45) is 0 Å². The lowest BCUT2D eigenvalue weighted by Gasteiger charge is -2.06. The number of carbonyl (C=O) groups excluding carboxylic acids is 1. The van der Waals surface area contributed by atoms with Gasteiger partial charge < -0.3 is 5.32 Å². The fourth-order valence-electron chi connectivity index (χ4n) is 1.17. The largest absolute Gasteiger partial charge is 0.319 e. The van der Waals surface area contributed by atoms with Gasteiger partial charge in [-0.3, -0.25) is 9.89 Å². The van der Waals surface area contributed by atoms with E-state index in [-0.39, 0.29) is 5.91 Å². The van der Waals surface area contributed by atoms with Gasteiger partial charge in [-0.2, -0.15) is 5.10 Å². The van der Waals surface area contributed by atoms with Crippen molar-refractivity contribution in [2.75, 3.05) is 5.32 Å². The standard InChI is InChI=1S/C10H7Cl2N3O/c11-6-2-1-3-7(9(6)12)14-10(16)8-4-5-13-15-8/h1-5H,(H,13,15)(H,14,16). The molecule has 0 aliphatic carbocycles. The highest BCUT2D eigenvalue weighted by molar-refractivity contribution is 6.44. The highest BCUT2D eigenvalue weighted by atomic mass is 35.5. The molecule has 2 aromatic rings. The minimum absolute atomic E-state index is 0.317. The number of amides is 1. The summed E-state index contributed by atoms with van der Waals surface area (Å²) in [5.41, 5.74) is 0.824. The zero-order valence-corrected chi connectivity index (χ0v) is 9.51. The van der Waals surface area contributed by atoms with Crippen molar-refractivity contribution in [1.82, 2.24) is 10.2 Å². The Hall–Kier alpha value is -1.52. The first-order valence-corrected chi connectivity index (χ1v) is 5.19. The van der Waals surface area contributed by atoms with Crippen LogP contribution < -0.4 is 5.32 Å². The van der Waals surface area contributed by atoms with Crippen LogP contribution in [0, 0.1) is 0 Å². The minimum Gasteiger partial charge on any atom is -0.319 e. The quantitative estimate of drug-likeness (QED) is 0.867. The number of benzene rings is 1. The van der Waals surface area contributed by atoms with Crippen molar-refractivity contribution < 1.29 is 4.79 Å². The molecule has 4 nitrogen and oxygen atoms in total. The molecule has 1 aromatic heterocycles. The average molecular weight is 256 g/mol. The molecule has 0 fully saturated rings. The third-order valence-electron chi connectivity index (χ3n) is 1.95. The monoisotopic (exact) mass is 255 g/mol. The van der Waals surface area contributed by atoms with Gasteiger partial charge >= 0.3 is 0 Å². The summed E-state index contributed by atoms with van der Waals surface area (Å²) in [7, 11) is 0. The predicted molar refractivity (Wildman–Crippen MR) is 63.0 cm³/mol. The van der Waals surface area contributed by atoms with Gasteiger partial charge in [0.25, 0.3) is 5.91 Å². The van der Waals surface area contributed by atoms with E-state index >= 15 is 0 Å². The maximum absolute atomic E-state index is 11.7. The number of H-pyrrole nitrogens is 1. The first-order chi connectivity index (χ1) is 7.68. The second-order valence-electron chi connectivity index (χ2n) is 3.03. The Kier molecular flexibility index (Phi) is 3.12. The van der Waals surface area contributed by atoms with E-state index in [1.807, 2.05) is 0 Å². The topological polar surface area (TPSA) is 57.8 Å². The Balaban J connectivity index is 2.22. The van der Waals surface area contributed by atoms with Gasteiger partial charge in [-0.25, -0.2) is 0 Å². The number of aromatic nitrogens is 2. The molecule has 0 saturated heterocycles. The lowest BCUT2D eigenvalue weighted by atomic mass is 10.3. The van der Waals surface area contributed by atoms with E-state index in [1.54, 1.807) is 24.3 Å². The molecule has 0 saturated carbocycles. The van der Waals surface area contributed by atoms with Gasteiger partial charge in [-0.1, -0.05) is 29.3 Å². The Morgan fingerprint density at radius 2 is 2.12 bits per heavy atom. The van der Waals surface area contributed by atoms with Crippen LogP contribution in [0.3, 0.4) is 0 Å². The van der Waals surface area contributed by atoms with Crippen molar-refractivity contribution in [3.63, 3.8) is 0 Å². The van der Waals surface area contributed by atoms with Crippen LogP contribution in [0.4, 0.5) is 5.69 Å². The third-order valence-corrected chi connectivity index (χ3v) is 2.76. The van der Waals surface area contributed by atoms with Crippen LogP contribution in [0.2, 0.25) is 10.0 Å². The molecule has 0 aliphatic rings. The number of hydrogen-bond donors (Lipinski definition) is 2. The van der Waals surface area contributed by atoms with Crippen molar-refractivity contribution in [3.8, 4) is 0 Å². The first kappa shape index (κ1) is 11.0. The summed E-state index contributed by atoms with van der Waals surface area (Å²) in [6.45, 7) is 0. The molecule has 0 unspecified atom stereocenters. The summed E-state index contributed by atoms with van der Waals surface area (Å²) >= 11 is 11.7. The van der Waals surface area contributed by atoms with Crippen LogP contribution in [0.1, 0.15) is 10.5 Å². The van der Waals surface area contributed by atoms with Crippen molar-refractivity contribution in [3.05, 3.63) is 46.2 Å². The van der Waals surface area contributed by atoms with Crippen LogP contribution in [0.15, 0.2) is 30.5 Å². The predicted octanol–water partition coefficient (Wildman–Crippen LogP) is 2.97. The number of carbonyl (C=O) groups is 1. The summed E-state index contributed by atoms with van der Waals surface area (Å²) in [5, 5.41) is 9.57. The molecule has 16 heavy (non-hydrogen) atoms. The fraction of sp³-hybridized carbons (Fsp3) is 0. The van der Waals surface area contributed by atoms with Crippen LogP contribution in [0.5, 0.6) is 0 Å². The lowest BCUT2D eigenvalue weighted by Crippen LogP contribution is -2.12. The molecule has 0 radical (unpaired) electrons. The molecule has 1 aromatic carbocycles. The Labute approximate surface area is 102 Å². The molecule has 0 aliphatic heterocycles. The van der Waals surface area contributed by atoms with Crippen LogP contribution in [0.25, 0.3) is 0 Å². The molecule has 0 bridgehead atoms. The summed E-state index contributed by atoms with van der Waals surface area (Å²) < 4.78 is 0. The van der Waals surface area contributed by atoms with Gasteiger partial charge in [0.15, 0.2) is 0 Å². The number of anilines is 1. The fourth-order valence-corrected chi connectivity index (χ4v) is 1.52. The molecule has 1 amide bonds. The minimum atomic E-state index is -0.318. The van der Waals surface area contributed by atoms with E-state index in [0.717, 1.165) is 0 Å². The van der Waals surface area contributed by atoms with Gasteiger partial charge in [0.05, 0.1) is 15.7 Å². The molecule has 0 atom stereocenters. The SMILES string of the molecule is O=C(Nc1cccc(Cl)c1Cl)c1ccn[nH]1. The van der Waals surface area contributed by atoms with Gasteiger partial charge in [0.1, 0.15) is 5.69 Å². The summed E-state index contributed by atoms with van der Waals surface area (Å²) in [4.78, 5) is 11.7. The van der Waals surface area contributed by atoms with Gasteiger partial charge in [0.2, 0.25) is 0 Å². The van der Waals surface area contributed by atoms with E-state index in [0.29, 0.717) is 21.4 Å². The Morgan fingerprint density at radius 1 is 1.31 bits per heavy atom. The molecular weight excluding hydrogens is 249 g/mol. The number of aromatic amines is 1. The van der Waals surface area contributed by atoms with E-state index in [4.69, 9.17) is 23.2 Å². The molecule has 0 spiro atoms. The number of rotatable bonds is 2. The van der Waals surface area contributed by atoms with E-state index in [2.05, 4.69) is 15.5 Å². The lowest BCUT2D eigenvalue weighted by molar-refractivity contribution is 0.102. The number of halogens is 2. The highest BCUT2D eigenvalue weighted by Crippen LogP contribution is 2.29. The average Bonchev–Trinajstić information content (AvgIpc) is 2.78. The second-order valence-corrected chi connectivity index (χ2v) is 3.81. The van der Waals surface area contributed by atoms with E-state index < -0.39 is 0 Å². The zero-order chi connectivity index (χ0) is 11.5. The van der Waals surface area contributed by atoms with Crippen LogP contribution in [-0.2, 0) is 0 Å². The molecule has 82 valence electrons. The van der Waals surface area contributed by atoms with Gasteiger partial charge in [0, 0.05) is 6.20 Å². The maximum Gasteiger partial charge on any atom is 0.273 e. The molecule has 2 N–H and O–H groups in total. The number of nitrogens with zero attached hydrogens (tertiary/aromatic N) is 1. The van der Waals surface area contributed by atoms with Crippen molar-refractivity contribution >= 4 is 34.8 Å². The number of hydrogen-bond acceptors (Lipinski definition) is 2. The smallest absolute Gasteiger partial charge is 0.273 e. The van der Waals surface area contributed by atoms with Crippen molar-refractivity contribution in [2.45, 2.75) is 0 Å². The summed E-state index contributed by atoms with van der Waals surface area (Å²) in [6.07, 6.45) is 1.49. The third kappa shape index (κ3) is 2.18.